The Labute approximate surface area is 225 Å². The van der Waals surface area contributed by atoms with Crippen LogP contribution in [0.5, 0.6) is 5.75 Å². The zero-order valence-corrected chi connectivity index (χ0v) is 21.6. The van der Waals surface area contributed by atoms with E-state index in [1.165, 1.54) is 23.1 Å². The number of amides is 2. The molecule has 0 aliphatic carbocycles. The van der Waals surface area contributed by atoms with Crippen LogP contribution >= 0.6 is 0 Å². The summed E-state index contributed by atoms with van der Waals surface area (Å²) in [6.45, 7) is 1.24. The first-order valence-corrected chi connectivity index (χ1v) is 12.6. The summed E-state index contributed by atoms with van der Waals surface area (Å²) in [7, 11) is 3.87. The summed E-state index contributed by atoms with van der Waals surface area (Å²) in [5, 5.41) is 4.15. The summed E-state index contributed by atoms with van der Waals surface area (Å²) in [4.78, 5) is 42.7. The van der Waals surface area contributed by atoms with Crippen molar-refractivity contribution < 1.29 is 23.5 Å². The van der Waals surface area contributed by atoms with E-state index in [1.54, 1.807) is 35.2 Å². The van der Waals surface area contributed by atoms with Gasteiger partial charge in [0.2, 0.25) is 5.90 Å². The molecule has 9 nitrogen and oxygen atoms in total. The second kappa shape index (κ2) is 10.9. The molecule has 2 heterocycles. The normalized spacial score (nSPS) is 16.5. The molecule has 3 aromatic rings. The zero-order valence-electron chi connectivity index (χ0n) is 21.6. The molecule has 1 atom stereocenters. The lowest BCUT2D eigenvalue weighted by atomic mass is 10.0. The third-order valence-corrected chi connectivity index (χ3v) is 6.84. The van der Waals surface area contributed by atoms with Crippen LogP contribution in [-0.2, 0) is 4.79 Å². The Morgan fingerprint density at radius 1 is 0.974 bits per heavy atom. The average Bonchev–Trinajstić information content (AvgIpc) is 2.97. The van der Waals surface area contributed by atoms with E-state index < -0.39 is 17.8 Å². The highest BCUT2D eigenvalue weighted by Crippen LogP contribution is 2.25. The van der Waals surface area contributed by atoms with Crippen LogP contribution in [0.25, 0.3) is 0 Å². The monoisotopic (exact) mass is 529 g/mol. The predicted molar refractivity (Wildman–Crippen MR) is 145 cm³/mol. The van der Waals surface area contributed by atoms with E-state index in [0.717, 1.165) is 12.0 Å². The lowest BCUT2D eigenvalue weighted by Crippen LogP contribution is -2.50. The van der Waals surface area contributed by atoms with Crippen molar-refractivity contribution in [2.75, 3.05) is 45.2 Å². The number of fused-ring (bicyclic) bond motifs is 1. The number of piperazine rings is 1. The number of hydrogen-bond acceptors (Lipinski definition) is 7. The van der Waals surface area contributed by atoms with Crippen molar-refractivity contribution in [2.24, 2.45) is 5.10 Å². The number of rotatable bonds is 5. The van der Waals surface area contributed by atoms with E-state index in [9.17, 15) is 18.8 Å². The van der Waals surface area contributed by atoms with Crippen LogP contribution in [0.15, 0.2) is 71.8 Å². The highest BCUT2D eigenvalue weighted by molar-refractivity contribution is 6.00. The Morgan fingerprint density at radius 3 is 2.31 bits per heavy atom. The van der Waals surface area contributed by atoms with E-state index in [4.69, 9.17) is 4.74 Å². The molecule has 1 N–H and O–H groups in total. The summed E-state index contributed by atoms with van der Waals surface area (Å²) in [6.07, 6.45) is 0.752. The van der Waals surface area contributed by atoms with Gasteiger partial charge in [-0.1, -0.05) is 18.2 Å². The molecule has 5 rings (SSSR count). The number of nitrogens with one attached hydrogen (secondary N) is 1. The van der Waals surface area contributed by atoms with Crippen LogP contribution in [0.4, 0.5) is 10.1 Å². The third kappa shape index (κ3) is 5.31. The van der Waals surface area contributed by atoms with Crippen LogP contribution in [0.3, 0.4) is 0 Å². The molecule has 0 aromatic heterocycles. The number of nitrogens with zero attached hydrogens (tertiary/aromatic N) is 4. The highest BCUT2D eigenvalue weighted by atomic mass is 19.1. The number of hydrogen-bond donors (Lipinski definition) is 1. The van der Waals surface area contributed by atoms with Crippen molar-refractivity contribution in [2.45, 2.75) is 6.04 Å². The number of hydrazone groups is 1. The van der Waals surface area contributed by atoms with Gasteiger partial charge in [-0.2, -0.15) is 0 Å². The first kappa shape index (κ1) is 25.9. The summed E-state index contributed by atoms with van der Waals surface area (Å²) in [5.74, 6) is -0.815. The molecule has 0 spiro atoms. The lowest BCUT2D eigenvalue weighted by molar-refractivity contribution is -0.109. The first-order valence-electron chi connectivity index (χ1n) is 12.6. The predicted octanol–water partition coefficient (Wildman–Crippen LogP) is 3.07. The van der Waals surface area contributed by atoms with Crippen molar-refractivity contribution in [3.05, 3.63) is 94.8 Å². The van der Waals surface area contributed by atoms with E-state index in [-0.39, 0.29) is 36.2 Å². The molecule has 2 amide bonds. The molecule has 1 saturated heterocycles. The van der Waals surface area contributed by atoms with Crippen LogP contribution in [0.1, 0.15) is 37.9 Å². The molecule has 0 bridgehead atoms. The summed E-state index contributed by atoms with van der Waals surface area (Å²) in [6, 6.07) is 17.9. The average molecular weight is 530 g/mol. The van der Waals surface area contributed by atoms with Crippen molar-refractivity contribution in [3.8, 4) is 5.75 Å². The number of carbonyl (C=O) groups is 3. The molecule has 0 radical (unpaired) electrons. The maximum absolute atomic E-state index is 14.8. The second-order valence-corrected chi connectivity index (χ2v) is 9.52. The van der Waals surface area contributed by atoms with Crippen LogP contribution in [0.2, 0.25) is 0 Å². The Morgan fingerprint density at radius 2 is 1.64 bits per heavy atom. The van der Waals surface area contributed by atoms with Gasteiger partial charge in [0.1, 0.15) is 23.9 Å². The number of anilines is 1. The zero-order chi connectivity index (χ0) is 27.5. The number of benzene rings is 3. The second-order valence-electron chi connectivity index (χ2n) is 9.52. The van der Waals surface area contributed by atoms with Gasteiger partial charge >= 0.3 is 0 Å². The van der Waals surface area contributed by atoms with Gasteiger partial charge < -0.3 is 24.2 Å². The Kier molecular flexibility index (Phi) is 7.27. The Bertz CT molecular complexity index is 1430. The van der Waals surface area contributed by atoms with E-state index >= 15 is 0 Å². The van der Waals surface area contributed by atoms with Gasteiger partial charge in [-0.15, -0.1) is 5.10 Å². The molecule has 1 unspecified atom stereocenters. The molecule has 2 aliphatic heterocycles. The van der Waals surface area contributed by atoms with Gasteiger partial charge in [-0.3, -0.25) is 15.0 Å². The van der Waals surface area contributed by atoms with Crippen molar-refractivity contribution in [1.82, 2.24) is 15.2 Å². The minimum atomic E-state index is -0.669. The number of carbonyl (C=O) groups excluding carboxylic acids is 3. The number of halogens is 1. The quantitative estimate of drug-likeness (QED) is 0.511. The molecule has 3 aromatic carbocycles. The van der Waals surface area contributed by atoms with Gasteiger partial charge in [-0.05, 0) is 54.1 Å². The van der Waals surface area contributed by atoms with Crippen molar-refractivity contribution in [1.29, 1.82) is 0 Å². The molecule has 0 saturated carbocycles. The topological polar surface area (TPSA) is 94.6 Å². The van der Waals surface area contributed by atoms with Gasteiger partial charge in [0.15, 0.2) is 0 Å². The van der Waals surface area contributed by atoms with Gasteiger partial charge in [0, 0.05) is 57.1 Å². The fourth-order valence-corrected chi connectivity index (χ4v) is 4.61. The Hall–Kier alpha value is -4.73. The largest absolute Gasteiger partial charge is 0.437 e. The number of aldehydes is 1. The molecule has 200 valence electrons. The molecule has 2 aliphatic rings. The van der Waals surface area contributed by atoms with E-state index in [0.29, 0.717) is 29.8 Å². The third-order valence-electron chi connectivity index (χ3n) is 6.84. The van der Waals surface area contributed by atoms with E-state index in [2.05, 4.69) is 10.5 Å². The van der Waals surface area contributed by atoms with Crippen LogP contribution in [0, 0.1) is 5.82 Å². The SMILES string of the molecule is CN(C)c1ccc(C(=O)N2CCN(C(=O)c3cc(OC4=NNC(C=O)c5ccccc54)ccc3F)CC2)cc1. The van der Waals surface area contributed by atoms with Crippen LogP contribution < -0.4 is 15.1 Å². The molecule has 39 heavy (non-hydrogen) atoms. The first-order chi connectivity index (χ1) is 18.9. The maximum atomic E-state index is 14.8. The number of ether oxygens (including phenoxy) is 1. The summed E-state index contributed by atoms with van der Waals surface area (Å²) < 4.78 is 20.7. The van der Waals surface area contributed by atoms with Crippen LogP contribution in [-0.4, -0.2) is 74.1 Å². The molecular formula is C29H28FN5O4. The summed E-state index contributed by atoms with van der Waals surface area (Å²) >= 11 is 0. The van der Waals surface area contributed by atoms with Gasteiger partial charge in [0.05, 0.1) is 5.56 Å². The minimum Gasteiger partial charge on any atom is -0.437 e. The molecule has 10 heteroatoms. The lowest BCUT2D eigenvalue weighted by Gasteiger charge is -2.35. The summed E-state index contributed by atoms with van der Waals surface area (Å²) in [5.41, 5.74) is 5.52. The van der Waals surface area contributed by atoms with Gasteiger partial charge in [-0.25, -0.2) is 4.39 Å². The van der Waals surface area contributed by atoms with E-state index in [1.807, 2.05) is 37.2 Å². The fraction of sp³-hybridized carbons (Fsp3) is 0.241. The fourth-order valence-electron chi connectivity index (χ4n) is 4.61. The smallest absolute Gasteiger partial charge is 0.257 e. The van der Waals surface area contributed by atoms with Crippen molar-refractivity contribution >= 4 is 29.7 Å². The van der Waals surface area contributed by atoms with Gasteiger partial charge in [0.25, 0.3) is 11.8 Å². The maximum Gasteiger partial charge on any atom is 0.257 e. The Balaban J connectivity index is 1.25. The molecular weight excluding hydrogens is 501 g/mol. The minimum absolute atomic E-state index is 0.104. The molecule has 1 fully saturated rings. The standard InChI is InChI=1S/C29H28FN5O4/c1-33(2)20-9-7-19(8-10-20)28(37)34-13-15-35(16-14-34)29(38)24-17-21(11-12-25(24)30)39-27-23-6-4-3-5-22(23)26(18-36)31-32-27/h3-12,17-18,26,31H,13-16H2,1-2H3. The highest BCUT2D eigenvalue weighted by Gasteiger charge is 2.28. The van der Waals surface area contributed by atoms with Crippen molar-refractivity contribution in [3.63, 3.8) is 0 Å².